The Morgan fingerprint density at radius 3 is 2.64 bits per heavy atom. The van der Waals surface area contributed by atoms with Gasteiger partial charge in [-0.2, -0.15) is 0 Å². The normalized spacial score (nSPS) is 30.6. The highest BCUT2D eigenvalue weighted by Gasteiger charge is 2.37. The molecule has 0 saturated carbocycles. The summed E-state index contributed by atoms with van der Waals surface area (Å²) < 4.78 is 0. The smallest absolute Gasteiger partial charge is 0.121 e. The summed E-state index contributed by atoms with van der Waals surface area (Å²) in [6.45, 7) is 2.68. The first kappa shape index (κ1) is 7.66. The van der Waals surface area contributed by atoms with Gasteiger partial charge in [0.2, 0.25) is 0 Å². The Labute approximate surface area is 70.4 Å². The first-order valence-electron chi connectivity index (χ1n) is 4.99. The zero-order valence-electron chi connectivity index (χ0n) is 7.60. The second kappa shape index (κ2) is 2.82. The third-order valence-electron chi connectivity index (χ3n) is 3.69. The van der Waals surface area contributed by atoms with Gasteiger partial charge in [-0.1, -0.05) is 12.6 Å². The van der Waals surface area contributed by atoms with Crippen molar-refractivity contribution in [2.75, 3.05) is 20.1 Å². The fourth-order valence-corrected chi connectivity index (χ4v) is 2.57. The largest absolute Gasteiger partial charge is 0.306 e. The highest BCUT2D eigenvalue weighted by Crippen LogP contribution is 2.45. The van der Waals surface area contributed by atoms with E-state index in [1.54, 1.807) is 0 Å². The first-order valence-corrected chi connectivity index (χ1v) is 4.99. The van der Waals surface area contributed by atoms with Gasteiger partial charge in [-0.25, -0.2) is 0 Å². The molecule has 2 fully saturated rings. The minimum absolute atomic E-state index is 0.824. The van der Waals surface area contributed by atoms with E-state index in [0.29, 0.717) is 0 Å². The Morgan fingerprint density at radius 1 is 1.18 bits per heavy atom. The van der Waals surface area contributed by atoms with E-state index in [0.717, 1.165) is 5.41 Å². The lowest BCUT2D eigenvalue weighted by Gasteiger charge is -2.40. The minimum Gasteiger partial charge on any atom is -0.306 e. The van der Waals surface area contributed by atoms with E-state index >= 15 is 0 Å². The van der Waals surface area contributed by atoms with Crippen molar-refractivity contribution in [1.29, 1.82) is 0 Å². The molecule has 0 radical (unpaired) electrons. The van der Waals surface area contributed by atoms with Gasteiger partial charge in [-0.15, -0.1) is 0 Å². The highest BCUT2D eigenvalue weighted by atomic mass is 15.1. The van der Waals surface area contributed by atoms with Gasteiger partial charge < -0.3 is 4.90 Å². The molecule has 0 N–H and O–H groups in total. The van der Waals surface area contributed by atoms with Crippen LogP contribution in [-0.4, -0.2) is 32.3 Å². The van der Waals surface area contributed by atoms with Crippen LogP contribution in [0.25, 0.3) is 0 Å². The molecule has 62 valence electrons. The lowest BCUT2D eigenvalue weighted by molar-refractivity contribution is 0.271. The predicted molar refractivity (Wildman–Crippen MR) is 50.5 cm³/mol. The van der Waals surface area contributed by atoms with Crippen molar-refractivity contribution < 1.29 is 0 Å². The van der Waals surface area contributed by atoms with E-state index in [1.807, 2.05) is 0 Å². The fraction of sp³-hybridized carbons (Fsp3) is 1.00. The summed E-state index contributed by atoms with van der Waals surface area (Å²) in [4.78, 5) is 2.49. The van der Waals surface area contributed by atoms with Crippen molar-refractivity contribution in [3.05, 3.63) is 0 Å². The van der Waals surface area contributed by atoms with Crippen molar-refractivity contribution in [3.8, 4) is 0 Å². The first-order chi connectivity index (χ1) is 5.31. The molecule has 2 heteroatoms. The molecule has 2 aliphatic heterocycles. The molecule has 1 nitrogen and oxygen atoms in total. The second-order valence-electron chi connectivity index (χ2n) is 4.51. The van der Waals surface area contributed by atoms with Crippen LogP contribution < -0.4 is 0 Å². The summed E-state index contributed by atoms with van der Waals surface area (Å²) >= 11 is 0. The third kappa shape index (κ3) is 1.46. The van der Waals surface area contributed by atoms with Crippen LogP contribution in [0, 0.1) is 5.41 Å². The molecule has 0 unspecified atom stereocenters. The average Bonchev–Trinajstić information content (AvgIpc) is 2.09. The molecule has 2 aliphatic rings. The van der Waals surface area contributed by atoms with Gasteiger partial charge in [0.05, 0.1) is 0 Å². The van der Waals surface area contributed by atoms with E-state index in [9.17, 15) is 0 Å². The standard InChI is InChI=1S/C9H18BN/c1-11-5-2-3-9(4-6-11)7-10-8-9/h10H,2-8H2,1H3. The Morgan fingerprint density at radius 2 is 2.00 bits per heavy atom. The van der Waals surface area contributed by atoms with E-state index < -0.39 is 0 Å². The van der Waals surface area contributed by atoms with Crippen LogP contribution in [0.4, 0.5) is 0 Å². The second-order valence-corrected chi connectivity index (χ2v) is 4.51. The Hall–Kier alpha value is 0.0249. The minimum atomic E-state index is 0.824. The molecule has 1 spiro atoms. The molecular weight excluding hydrogens is 133 g/mol. The summed E-state index contributed by atoms with van der Waals surface area (Å²) in [5.41, 5.74) is 0.824. The van der Waals surface area contributed by atoms with Crippen LogP contribution in [0.2, 0.25) is 12.6 Å². The number of hydrogen-bond donors (Lipinski definition) is 0. The Bertz CT molecular complexity index is 142. The molecule has 0 bridgehead atoms. The molecule has 2 rings (SSSR count). The van der Waals surface area contributed by atoms with Crippen LogP contribution in [-0.2, 0) is 0 Å². The van der Waals surface area contributed by atoms with Gasteiger partial charge >= 0.3 is 0 Å². The zero-order valence-corrected chi connectivity index (χ0v) is 7.60. The van der Waals surface area contributed by atoms with Crippen LogP contribution in [0.1, 0.15) is 19.3 Å². The Balaban J connectivity index is 1.92. The van der Waals surface area contributed by atoms with Crippen LogP contribution in [0.15, 0.2) is 0 Å². The van der Waals surface area contributed by atoms with E-state index in [4.69, 9.17) is 0 Å². The number of likely N-dealkylation sites (tertiary alicyclic amines) is 1. The van der Waals surface area contributed by atoms with E-state index in [-0.39, 0.29) is 0 Å². The Kier molecular flexibility index (Phi) is 1.96. The van der Waals surface area contributed by atoms with Crippen molar-refractivity contribution in [3.63, 3.8) is 0 Å². The third-order valence-corrected chi connectivity index (χ3v) is 3.69. The lowest BCUT2D eigenvalue weighted by Crippen LogP contribution is -2.34. The van der Waals surface area contributed by atoms with Gasteiger partial charge in [0.15, 0.2) is 0 Å². The molecule has 0 aromatic rings. The summed E-state index contributed by atoms with van der Waals surface area (Å²) in [6.07, 6.45) is 7.49. The van der Waals surface area contributed by atoms with Crippen molar-refractivity contribution in [1.82, 2.24) is 4.90 Å². The maximum absolute atomic E-state index is 2.49. The summed E-state index contributed by atoms with van der Waals surface area (Å²) in [5, 5.41) is 0. The molecular formula is C9H18BN. The van der Waals surface area contributed by atoms with Crippen LogP contribution in [0.5, 0.6) is 0 Å². The molecule has 0 atom stereocenters. The van der Waals surface area contributed by atoms with E-state index in [2.05, 4.69) is 11.9 Å². The number of nitrogens with zero attached hydrogens (tertiary/aromatic N) is 1. The van der Waals surface area contributed by atoms with Crippen molar-refractivity contribution in [2.24, 2.45) is 5.41 Å². The SMILES string of the molecule is CN1CCCC2(CBC2)CC1. The highest BCUT2D eigenvalue weighted by molar-refractivity contribution is 6.40. The molecule has 0 aliphatic carbocycles. The molecule has 0 aromatic carbocycles. The quantitative estimate of drug-likeness (QED) is 0.472. The van der Waals surface area contributed by atoms with Gasteiger partial charge in [0.1, 0.15) is 7.28 Å². The summed E-state index contributed by atoms with van der Waals surface area (Å²) in [7, 11) is 3.77. The summed E-state index contributed by atoms with van der Waals surface area (Å²) in [5.74, 6) is 0. The fourth-order valence-electron chi connectivity index (χ4n) is 2.57. The van der Waals surface area contributed by atoms with Gasteiger partial charge in [-0.3, -0.25) is 0 Å². The van der Waals surface area contributed by atoms with Crippen LogP contribution in [0.3, 0.4) is 0 Å². The molecule has 0 aromatic heterocycles. The zero-order chi connectivity index (χ0) is 7.73. The molecule has 0 amide bonds. The topological polar surface area (TPSA) is 3.24 Å². The number of rotatable bonds is 0. The molecule has 2 heterocycles. The monoisotopic (exact) mass is 151 g/mol. The molecule has 11 heavy (non-hydrogen) atoms. The van der Waals surface area contributed by atoms with Crippen molar-refractivity contribution >= 4 is 7.28 Å². The van der Waals surface area contributed by atoms with Crippen molar-refractivity contribution in [2.45, 2.75) is 31.9 Å². The van der Waals surface area contributed by atoms with E-state index in [1.165, 1.54) is 52.3 Å². The summed E-state index contributed by atoms with van der Waals surface area (Å²) in [6, 6.07) is 0. The van der Waals surface area contributed by atoms with Crippen LogP contribution >= 0.6 is 0 Å². The lowest BCUT2D eigenvalue weighted by atomic mass is 9.41. The maximum atomic E-state index is 2.49. The predicted octanol–water partition coefficient (Wildman–Crippen LogP) is 1.38. The maximum Gasteiger partial charge on any atom is 0.121 e. The van der Waals surface area contributed by atoms with Gasteiger partial charge in [0.25, 0.3) is 0 Å². The van der Waals surface area contributed by atoms with Gasteiger partial charge in [-0.05, 0) is 44.8 Å². The molecule has 2 saturated heterocycles. The van der Waals surface area contributed by atoms with Gasteiger partial charge in [0, 0.05) is 0 Å². The number of hydrogen-bond acceptors (Lipinski definition) is 1. The average molecular weight is 151 g/mol.